The van der Waals surface area contributed by atoms with Gasteiger partial charge >= 0.3 is 6.18 Å². The van der Waals surface area contributed by atoms with Gasteiger partial charge in [0.25, 0.3) is 5.56 Å². The molecule has 2 aromatic rings. The van der Waals surface area contributed by atoms with Crippen LogP contribution in [0.2, 0.25) is 5.02 Å². The zero-order valence-corrected chi connectivity index (χ0v) is 17.4. The fourth-order valence-corrected chi connectivity index (χ4v) is 3.10. The quantitative estimate of drug-likeness (QED) is 0.664. The number of hydrogen-bond acceptors (Lipinski definition) is 6. The highest BCUT2D eigenvalue weighted by Crippen LogP contribution is 2.35. The molecule has 0 atom stereocenters. The Labute approximate surface area is 185 Å². The molecule has 0 saturated carbocycles. The van der Waals surface area contributed by atoms with Gasteiger partial charge in [0.05, 0.1) is 31.6 Å². The van der Waals surface area contributed by atoms with E-state index < -0.39 is 23.2 Å². The molecule has 0 amide bonds. The summed E-state index contributed by atoms with van der Waals surface area (Å²) in [5.74, 6) is -0.982. The van der Waals surface area contributed by atoms with Gasteiger partial charge in [0.15, 0.2) is 5.69 Å². The van der Waals surface area contributed by atoms with Crippen LogP contribution in [-0.2, 0) is 17.5 Å². The molecule has 166 valence electrons. The van der Waals surface area contributed by atoms with Crippen molar-refractivity contribution in [3.63, 3.8) is 0 Å². The number of benzene rings is 1. The third-order valence-corrected chi connectivity index (χ3v) is 4.50. The van der Waals surface area contributed by atoms with Crippen molar-refractivity contribution in [2.75, 3.05) is 13.7 Å². The van der Waals surface area contributed by atoms with Crippen LogP contribution in [-0.4, -0.2) is 29.1 Å². The maximum Gasteiger partial charge on any atom is 0.437 e. The molecule has 0 saturated heterocycles. The van der Waals surface area contributed by atoms with Crippen molar-refractivity contribution in [2.45, 2.75) is 19.1 Å². The first-order valence-electron chi connectivity index (χ1n) is 9.22. The second kappa shape index (κ2) is 9.70. The maximum atomic E-state index is 13.5. The van der Waals surface area contributed by atoms with Gasteiger partial charge in [-0.25, -0.2) is 4.98 Å². The van der Waals surface area contributed by atoms with Gasteiger partial charge in [0, 0.05) is 17.1 Å². The predicted octanol–water partition coefficient (Wildman–Crippen LogP) is 4.51. The number of rotatable bonds is 4. The van der Waals surface area contributed by atoms with Crippen LogP contribution in [0.1, 0.15) is 17.7 Å². The molecule has 0 fully saturated rings. The first-order chi connectivity index (χ1) is 15.2. The number of nitriles is 1. The summed E-state index contributed by atoms with van der Waals surface area (Å²) in [6.45, 7) is 0.303. The van der Waals surface area contributed by atoms with Crippen molar-refractivity contribution in [1.82, 2.24) is 9.55 Å². The van der Waals surface area contributed by atoms with Gasteiger partial charge in [0.1, 0.15) is 5.75 Å². The van der Waals surface area contributed by atoms with E-state index in [1.165, 1.54) is 25.3 Å². The summed E-state index contributed by atoms with van der Waals surface area (Å²) in [5.41, 5.74) is -2.05. The normalized spacial score (nSPS) is 14.0. The van der Waals surface area contributed by atoms with Gasteiger partial charge in [0.2, 0.25) is 11.6 Å². The van der Waals surface area contributed by atoms with Crippen molar-refractivity contribution in [2.24, 2.45) is 4.99 Å². The molecule has 1 aliphatic heterocycles. The Morgan fingerprint density at radius 2 is 2.09 bits per heavy atom. The maximum absolute atomic E-state index is 13.5. The number of allylic oxidation sites excluding steroid dienone is 2. The minimum atomic E-state index is -4.95. The largest absolute Gasteiger partial charge is 0.481 e. The van der Waals surface area contributed by atoms with Crippen LogP contribution >= 0.6 is 11.6 Å². The van der Waals surface area contributed by atoms with E-state index in [9.17, 15) is 18.0 Å². The number of nitrogens with zero attached hydrogens (tertiary/aromatic N) is 4. The molecule has 1 aromatic heterocycles. The minimum Gasteiger partial charge on any atom is -0.481 e. The highest BCUT2D eigenvalue weighted by Gasteiger charge is 2.39. The lowest BCUT2D eigenvalue weighted by atomic mass is 10.2. The molecule has 3 rings (SSSR count). The Hall–Kier alpha value is -3.58. The van der Waals surface area contributed by atoms with Crippen molar-refractivity contribution in [3.05, 3.63) is 75.0 Å². The van der Waals surface area contributed by atoms with Gasteiger partial charge in [-0.1, -0.05) is 29.8 Å². The van der Waals surface area contributed by atoms with Gasteiger partial charge in [-0.2, -0.15) is 18.4 Å². The topological polar surface area (TPSA) is 89.5 Å². The second-order valence-corrected chi connectivity index (χ2v) is 6.98. The Kier molecular flexibility index (Phi) is 7.00. The molecule has 2 heterocycles. The molecule has 0 spiro atoms. The number of alkyl halides is 3. The number of methoxy groups -OCH3 is 1. The van der Waals surface area contributed by atoms with Crippen molar-refractivity contribution in [1.29, 1.82) is 5.26 Å². The van der Waals surface area contributed by atoms with Crippen molar-refractivity contribution >= 4 is 17.5 Å². The number of ether oxygens (including phenoxy) is 2. The average Bonchev–Trinajstić information content (AvgIpc) is 2.71. The van der Waals surface area contributed by atoms with Crippen LogP contribution in [0.4, 0.5) is 13.2 Å². The lowest BCUT2D eigenvalue weighted by Crippen LogP contribution is -2.28. The third kappa shape index (κ3) is 5.36. The zero-order valence-electron chi connectivity index (χ0n) is 16.7. The van der Waals surface area contributed by atoms with Crippen LogP contribution in [0, 0.1) is 11.3 Å². The lowest BCUT2D eigenvalue weighted by Gasteiger charge is -2.16. The number of aromatic nitrogens is 2. The Balaban J connectivity index is 2.08. The third-order valence-electron chi connectivity index (χ3n) is 4.28. The molecule has 0 bridgehead atoms. The van der Waals surface area contributed by atoms with Crippen LogP contribution in [0.5, 0.6) is 11.5 Å². The molecular formula is C21H16ClF3N4O3. The van der Waals surface area contributed by atoms with E-state index in [1.807, 2.05) is 12.1 Å². The summed E-state index contributed by atoms with van der Waals surface area (Å²) >= 11 is 5.89. The highest BCUT2D eigenvalue weighted by molar-refractivity contribution is 6.30. The van der Waals surface area contributed by atoms with E-state index >= 15 is 0 Å². The Bertz CT molecular complexity index is 1210. The monoisotopic (exact) mass is 464 g/mol. The van der Waals surface area contributed by atoms with Crippen molar-refractivity contribution < 1.29 is 22.6 Å². The van der Waals surface area contributed by atoms with Crippen LogP contribution < -0.4 is 10.3 Å². The SMILES string of the molecule is COC1=NCCC=CC=C1Cn1cnc(C(F)(F)F)c(Oc2cc(Cl)cc(C#N)c2)c1=O. The summed E-state index contributed by atoms with van der Waals surface area (Å²) in [5, 5.41) is 9.11. The molecule has 0 radical (unpaired) electrons. The molecule has 7 nitrogen and oxygen atoms in total. The smallest absolute Gasteiger partial charge is 0.437 e. The van der Waals surface area contributed by atoms with E-state index in [0.717, 1.165) is 10.9 Å². The molecule has 32 heavy (non-hydrogen) atoms. The first-order valence-corrected chi connectivity index (χ1v) is 9.60. The molecule has 0 aliphatic carbocycles. The summed E-state index contributed by atoms with van der Waals surface area (Å²) in [6.07, 6.45) is 1.80. The molecule has 11 heteroatoms. The summed E-state index contributed by atoms with van der Waals surface area (Å²) < 4.78 is 52.1. The molecule has 1 aromatic carbocycles. The fourth-order valence-electron chi connectivity index (χ4n) is 2.87. The van der Waals surface area contributed by atoms with E-state index in [4.69, 9.17) is 26.3 Å². The Morgan fingerprint density at radius 1 is 1.31 bits per heavy atom. The summed E-state index contributed by atoms with van der Waals surface area (Å²) in [7, 11) is 1.41. The summed E-state index contributed by atoms with van der Waals surface area (Å²) in [4.78, 5) is 20.7. The van der Waals surface area contributed by atoms with E-state index in [1.54, 1.807) is 12.2 Å². The number of aliphatic imine (C=N–C) groups is 1. The number of halogens is 4. The fraction of sp³-hybridized carbons (Fsp3) is 0.238. The zero-order chi connectivity index (χ0) is 23.3. The molecule has 0 N–H and O–H groups in total. The minimum absolute atomic E-state index is 0.0534. The van der Waals surface area contributed by atoms with E-state index in [2.05, 4.69) is 9.98 Å². The number of hydrogen-bond donors (Lipinski definition) is 0. The van der Waals surface area contributed by atoms with Crippen LogP contribution in [0.15, 0.2) is 58.1 Å². The molecular weight excluding hydrogens is 449 g/mol. The van der Waals surface area contributed by atoms with Crippen LogP contribution in [0.3, 0.4) is 0 Å². The van der Waals surface area contributed by atoms with Gasteiger partial charge < -0.3 is 9.47 Å². The predicted molar refractivity (Wildman–Crippen MR) is 111 cm³/mol. The highest BCUT2D eigenvalue weighted by atomic mass is 35.5. The molecule has 0 unspecified atom stereocenters. The average molecular weight is 465 g/mol. The summed E-state index contributed by atoms with van der Waals surface area (Å²) in [6, 6.07) is 5.48. The van der Waals surface area contributed by atoms with Gasteiger partial charge in [-0.15, -0.1) is 0 Å². The van der Waals surface area contributed by atoms with E-state index in [0.29, 0.717) is 18.5 Å². The first kappa shape index (κ1) is 23.1. The lowest BCUT2D eigenvalue weighted by molar-refractivity contribution is -0.142. The van der Waals surface area contributed by atoms with Crippen LogP contribution in [0.25, 0.3) is 0 Å². The Morgan fingerprint density at radius 3 is 2.78 bits per heavy atom. The van der Waals surface area contributed by atoms with Gasteiger partial charge in [-0.05, 0) is 24.6 Å². The van der Waals surface area contributed by atoms with Gasteiger partial charge in [-0.3, -0.25) is 14.4 Å². The van der Waals surface area contributed by atoms with E-state index in [-0.39, 0.29) is 28.8 Å². The molecule has 1 aliphatic rings. The van der Waals surface area contributed by atoms with Crippen molar-refractivity contribution in [3.8, 4) is 17.6 Å². The second-order valence-electron chi connectivity index (χ2n) is 6.54. The standard InChI is InChI=1S/C21H16ClF3N4O3/c1-31-19-14(5-3-2-4-6-27-19)11-29-12-28-18(21(23,24)25)17(20(29)30)32-16-8-13(10-26)7-15(22)9-16/h2-3,5,7-9,12H,4,6,11H2,1H3.